The molecule has 0 aliphatic carbocycles. The Kier molecular flexibility index (Phi) is 5.79. The van der Waals surface area contributed by atoms with Gasteiger partial charge in [0.25, 0.3) is 0 Å². The Hall–Kier alpha value is -1.83. The van der Waals surface area contributed by atoms with Crippen molar-refractivity contribution < 1.29 is 4.74 Å². The lowest BCUT2D eigenvalue weighted by Gasteiger charge is -2.15. The second-order valence-electron chi connectivity index (χ2n) is 4.75. The average Bonchev–Trinajstić information content (AvgIpc) is 2.51. The second kappa shape index (κ2) is 7.82. The van der Waals surface area contributed by atoms with E-state index in [2.05, 4.69) is 40.3 Å². The van der Waals surface area contributed by atoms with Crippen molar-refractivity contribution in [2.45, 2.75) is 19.5 Å². The van der Waals surface area contributed by atoms with Gasteiger partial charge < -0.3 is 10.1 Å². The molecule has 0 radical (unpaired) electrons. The van der Waals surface area contributed by atoms with Crippen LogP contribution in [0.25, 0.3) is 0 Å². The molecule has 1 unspecified atom stereocenters. The monoisotopic (exact) mass is 344 g/mol. The topological polar surface area (TPSA) is 45.0 Å². The maximum absolute atomic E-state index is 8.53. The van der Waals surface area contributed by atoms with Gasteiger partial charge in [-0.15, -0.1) is 0 Å². The SMILES string of the molecule is CC(NCc1cccc(OCC#N)c1)c1cccc(Br)c1. The van der Waals surface area contributed by atoms with Crippen molar-refractivity contribution >= 4 is 15.9 Å². The number of halogens is 1. The summed E-state index contributed by atoms with van der Waals surface area (Å²) < 4.78 is 6.39. The average molecular weight is 345 g/mol. The maximum Gasteiger partial charge on any atom is 0.174 e. The summed E-state index contributed by atoms with van der Waals surface area (Å²) >= 11 is 3.49. The highest BCUT2D eigenvalue weighted by molar-refractivity contribution is 9.10. The summed E-state index contributed by atoms with van der Waals surface area (Å²) in [5.41, 5.74) is 2.37. The fraction of sp³-hybridized carbons (Fsp3) is 0.235. The van der Waals surface area contributed by atoms with Gasteiger partial charge in [-0.25, -0.2) is 0 Å². The predicted molar refractivity (Wildman–Crippen MR) is 86.9 cm³/mol. The van der Waals surface area contributed by atoms with Crippen molar-refractivity contribution in [3.8, 4) is 11.8 Å². The molecule has 0 aliphatic heterocycles. The Morgan fingerprint density at radius 2 is 2.05 bits per heavy atom. The van der Waals surface area contributed by atoms with Crippen LogP contribution in [0.5, 0.6) is 5.75 Å². The summed E-state index contributed by atoms with van der Waals surface area (Å²) in [4.78, 5) is 0. The molecule has 2 aromatic rings. The van der Waals surface area contributed by atoms with E-state index in [-0.39, 0.29) is 12.6 Å². The summed E-state index contributed by atoms with van der Waals surface area (Å²) in [6.45, 7) is 2.96. The minimum absolute atomic E-state index is 0.0747. The summed E-state index contributed by atoms with van der Waals surface area (Å²) in [5.74, 6) is 0.728. The number of benzene rings is 2. The van der Waals surface area contributed by atoms with Crippen molar-refractivity contribution in [1.29, 1.82) is 5.26 Å². The van der Waals surface area contributed by atoms with Crippen molar-refractivity contribution in [2.24, 2.45) is 0 Å². The molecule has 0 spiro atoms. The molecular weight excluding hydrogens is 328 g/mol. The molecule has 2 aromatic carbocycles. The van der Waals surface area contributed by atoms with Crippen LogP contribution in [-0.4, -0.2) is 6.61 Å². The fourth-order valence-electron chi connectivity index (χ4n) is 2.03. The Morgan fingerprint density at radius 1 is 1.24 bits per heavy atom. The Labute approximate surface area is 133 Å². The van der Waals surface area contributed by atoms with Gasteiger partial charge in [-0.1, -0.05) is 40.2 Å². The molecule has 4 heteroatoms. The molecule has 0 fully saturated rings. The van der Waals surface area contributed by atoms with Gasteiger partial charge >= 0.3 is 0 Å². The van der Waals surface area contributed by atoms with Gasteiger partial charge in [-0.05, 0) is 42.3 Å². The van der Waals surface area contributed by atoms with Crippen molar-refractivity contribution in [3.63, 3.8) is 0 Å². The molecule has 1 N–H and O–H groups in total. The smallest absolute Gasteiger partial charge is 0.174 e. The van der Waals surface area contributed by atoms with E-state index in [1.165, 1.54) is 5.56 Å². The fourth-order valence-corrected chi connectivity index (χ4v) is 2.44. The summed E-state index contributed by atoms with van der Waals surface area (Å²) in [5, 5.41) is 12.0. The number of nitriles is 1. The number of hydrogen-bond acceptors (Lipinski definition) is 3. The van der Waals surface area contributed by atoms with Gasteiger partial charge in [0.1, 0.15) is 11.8 Å². The van der Waals surface area contributed by atoms with Crippen LogP contribution in [0.3, 0.4) is 0 Å². The lowest BCUT2D eigenvalue weighted by atomic mass is 10.1. The third kappa shape index (κ3) is 4.89. The molecular formula is C17H17BrN2O. The number of nitrogens with zero attached hydrogens (tertiary/aromatic N) is 1. The minimum Gasteiger partial charge on any atom is -0.479 e. The van der Waals surface area contributed by atoms with Crippen LogP contribution in [0.15, 0.2) is 53.0 Å². The van der Waals surface area contributed by atoms with Gasteiger partial charge in [0.15, 0.2) is 6.61 Å². The first-order valence-corrected chi connectivity index (χ1v) is 7.56. The van der Waals surface area contributed by atoms with E-state index >= 15 is 0 Å². The van der Waals surface area contributed by atoms with Crippen molar-refractivity contribution in [3.05, 3.63) is 64.1 Å². The number of rotatable bonds is 6. The molecule has 2 rings (SSSR count). The first-order chi connectivity index (χ1) is 10.2. The van der Waals surface area contributed by atoms with Gasteiger partial charge in [-0.3, -0.25) is 0 Å². The zero-order valence-electron chi connectivity index (χ0n) is 11.8. The molecule has 0 bridgehead atoms. The second-order valence-corrected chi connectivity index (χ2v) is 5.67. The highest BCUT2D eigenvalue weighted by Crippen LogP contribution is 2.19. The zero-order chi connectivity index (χ0) is 15.1. The molecule has 0 saturated heterocycles. The van der Waals surface area contributed by atoms with Gasteiger partial charge in [0, 0.05) is 17.1 Å². The molecule has 0 heterocycles. The molecule has 21 heavy (non-hydrogen) atoms. The van der Waals surface area contributed by atoms with Crippen LogP contribution in [0.1, 0.15) is 24.1 Å². The molecule has 3 nitrogen and oxygen atoms in total. The lowest BCUT2D eigenvalue weighted by Crippen LogP contribution is -2.18. The molecule has 108 valence electrons. The highest BCUT2D eigenvalue weighted by atomic mass is 79.9. The van der Waals surface area contributed by atoms with E-state index < -0.39 is 0 Å². The molecule has 1 atom stereocenters. The Morgan fingerprint density at radius 3 is 2.81 bits per heavy atom. The third-order valence-corrected chi connectivity index (χ3v) is 3.66. The Balaban J connectivity index is 1.95. The number of ether oxygens (including phenoxy) is 1. The van der Waals surface area contributed by atoms with Crippen LogP contribution in [-0.2, 0) is 6.54 Å². The summed E-state index contributed by atoms with van der Waals surface area (Å²) in [6, 6.07) is 18.3. The summed E-state index contributed by atoms with van der Waals surface area (Å²) in [6.07, 6.45) is 0. The number of nitrogens with one attached hydrogen (secondary N) is 1. The van der Waals surface area contributed by atoms with Crippen LogP contribution in [0.4, 0.5) is 0 Å². The zero-order valence-corrected chi connectivity index (χ0v) is 13.4. The molecule has 0 saturated carbocycles. The first kappa shape index (κ1) is 15.6. The molecule has 0 amide bonds. The van der Waals surface area contributed by atoms with E-state index in [1.807, 2.05) is 42.5 Å². The summed E-state index contributed by atoms with van der Waals surface area (Å²) in [7, 11) is 0. The van der Waals surface area contributed by atoms with E-state index in [9.17, 15) is 0 Å². The minimum atomic E-state index is 0.0747. The maximum atomic E-state index is 8.53. The first-order valence-electron chi connectivity index (χ1n) is 6.76. The quantitative estimate of drug-likeness (QED) is 0.853. The van der Waals surface area contributed by atoms with E-state index in [0.717, 1.165) is 22.3 Å². The predicted octanol–water partition coefficient (Wildman–Crippen LogP) is 4.20. The van der Waals surface area contributed by atoms with E-state index in [1.54, 1.807) is 0 Å². The van der Waals surface area contributed by atoms with Crippen LogP contribution < -0.4 is 10.1 Å². The molecule has 0 aromatic heterocycles. The number of hydrogen-bond donors (Lipinski definition) is 1. The Bertz CT molecular complexity index is 637. The third-order valence-electron chi connectivity index (χ3n) is 3.16. The van der Waals surface area contributed by atoms with Crippen LogP contribution in [0, 0.1) is 11.3 Å². The van der Waals surface area contributed by atoms with E-state index in [4.69, 9.17) is 10.00 Å². The highest BCUT2D eigenvalue weighted by Gasteiger charge is 2.05. The van der Waals surface area contributed by atoms with Gasteiger partial charge in [0.05, 0.1) is 0 Å². The van der Waals surface area contributed by atoms with Crippen molar-refractivity contribution in [1.82, 2.24) is 5.32 Å². The van der Waals surface area contributed by atoms with Crippen LogP contribution >= 0.6 is 15.9 Å². The van der Waals surface area contributed by atoms with Gasteiger partial charge in [0.2, 0.25) is 0 Å². The van der Waals surface area contributed by atoms with Gasteiger partial charge in [-0.2, -0.15) is 5.26 Å². The van der Waals surface area contributed by atoms with Crippen LogP contribution in [0.2, 0.25) is 0 Å². The van der Waals surface area contributed by atoms with E-state index in [0.29, 0.717) is 0 Å². The normalized spacial score (nSPS) is 11.7. The largest absolute Gasteiger partial charge is 0.479 e. The van der Waals surface area contributed by atoms with Crippen molar-refractivity contribution in [2.75, 3.05) is 6.61 Å². The molecule has 0 aliphatic rings. The lowest BCUT2D eigenvalue weighted by molar-refractivity contribution is 0.367. The standard InChI is InChI=1S/C17H17BrN2O/c1-13(15-5-3-6-16(18)11-15)20-12-14-4-2-7-17(10-14)21-9-8-19/h2-7,10-11,13,20H,9,12H2,1H3.